The average molecular weight is 421 g/mol. The lowest BCUT2D eigenvalue weighted by Gasteiger charge is -2.14. The van der Waals surface area contributed by atoms with E-state index in [4.69, 9.17) is 0 Å². The van der Waals surface area contributed by atoms with Crippen molar-refractivity contribution in [3.05, 3.63) is 71.5 Å². The van der Waals surface area contributed by atoms with Crippen molar-refractivity contribution < 1.29 is 4.79 Å². The van der Waals surface area contributed by atoms with Crippen molar-refractivity contribution in [2.75, 3.05) is 18.8 Å². The monoisotopic (exact) mass is 420 g/mol. The second kappa shape index (κ2) is 9.94. The van der Waals surface area contributed by atoms with Crippen molar-refractivity contribution in [2.45, 2.75) is 44.2 Å². The minimum atomic E-state index is 0.290. The highest BCUT2D eigenvalue weighted by Crippen LogP contribution is 2.25. The number of rotatable bonds is 8. The zero-order valence-electron chi connectivity index (χ0n) is 17.5. The lowest BCUT2D eigenvalue weighted by atomic mass is 10.1. The molecule has 1 amide bonds. The van der Waals surface area contributed by atoms with Crippen LogP contribution in [0.1, 0.15) is 42.6 Å². The van der Waals surface area contributed by atoms with E-state index in [1.54, 1.807) is 11.8 Å². The van der Waals surface area contributed by atoms with E-state index in [0.29, 0.717) is 6.42 Å². The molecule has 0 saturated carbocycles. The summed E-state index contributed by atoms with van der Waals surface area (Å²) in [7, 11) is 0. The second-order valence-electron chi connectivity index (χ2n) is 7.77. The number of hydrogen-bond acceptors (Lipinski definition) is 4. The van der Waals surface area contributed by atoms with Crippen LogP contribution in [0.25, 0.3) is 5.69 Å². The highest BCUT2D eigenvalue weighted by molar-refractivity contribution is 7.99. The number of carbonyl (C=O) groups excluding carboxylic acids is 1. The molecule has 0 atom stereocenters. The maximum atomic E-state index is 12.3. The molecule has 5 nitrogen and oxygen atoms in total. The molecule has 6 heteroatoms. The molecule has 0 radical (unpaired) electrons. The third-order valence-electron chi connectivity index (χ3n) is 5.42. The van der Waals surface area contributed by atoms with Gasteiger partial charge in [0.25, 0.3) is 0 Å². The van der Waals surface area contributed by atoms with Gasteiger partial charge in [-0.05, 0) is 43.9 Å². The van der Waals surface area contributed by atoms with Crippen molar-refractivity contribution in [3.8, 4) is 5.69 Å². The minimum absolute atomic E-state index is 0.290. The highest BCUT2D eigenvalue weighted by Gasteiger charge is 2.18. The summed E-state index contributed by atoms with van der Waals surface area (Å²) < 4.78 is 2.15. The molecule has 0 unspecified atom stereocenters. The van der Waals surface area contributed by atoms with Crippen LogP contribution >= 0.6 is 11.8 Å². The van der Waals surface area contributed by atoms with Gasteiger partial charge in [0.05, 0.1) is 0 Å². The van der Waals surface area contributed by atoms with E-state index in [9.17, 15) is 4.79 Å². The number of carbonyl (C=O) groups is 1. The second-order valence-corrected chi connectivity index (χ2v) is 8.83. The number of thioether (sulfide) groups is 1. The van der Waals surface area contributed by atoms with Crippen molar-refractivity contribution in [1.29, 1.82) is 0 Å². The minimum Gasteiger partial charge on any atom is -0.343 e. The number of nitrogens with zero attached hydrogens (tertiary/aromatic N) is 4. The Bertz CT molecular complexity index is 963. The summed E-state index contributed by atoms with van der Waals surface area (Å²) in [5, 5.41) is 9.88. The van der Waals surface area contributed by atoms with Gasteiger partial charge in [0.1, 0.15) is 5.82 Å². The molecular formula is C24H28N4OS. The van der Waals surface area contributed by atoms with E-state index in [1.165, 1.54) is 11.1 Å². The van der Waals surface area contributed by atoms with Gasteiger partial charge in [-0.25, -0.2) is 0 Å². The molecule has 1 saturated heterocycles. The van der Waals surface area contributed by atoms with Crippen LogP contribution in [0.15, 0.2) is 59.8 Å². The van der Waals surface area contributed by atoms with Crippen molar-refractivity contribution in [1.82, 2.24) is 19.7 Å². The molecule has 2 heterocycles. The fourth-order valence-electron chi connectivity index (χ4n) is 3.75. The summed E-state index contributed by atoms with van der Waals surface area (Å²) >= 11 is 1.68. The summed E-state index contributed by atoms with van der Waals surface area (Å²) in [5.74, 6) is 2.08. The van der Waals surface area contributed by atoms with Gasteiger partial charge in [0.2, 0.25) is 5.91 Å². The fourth-order valence-corrected chi connectivity index (χ4v) is 4.66. The van der Waals surface area contributed by atoms with Gasteiger partial charge >= 0.3 is 0 Å². The summed E-state index contributed by atoms with van der Waals surface area (Å²) in [6, 6.07) is 18.8. The molecule has 0 bridgehead atoms. The molecule has 4 rings (SSSR count). The Labute approximate surface area is 182 Å². The van der Waals surface area contributed by atoms with E-state index in [1.807, 2.05) is 11.0 Å². The Balaban J connectivity index is 1.46. The molecule has 1 fully saturated rings. The van der Waals surface area contributed by atoms with E-state index in [2.05, 4.69) is 70.2 Å². The van der Waals surface area contributed by atoms with Gasteiger partial charge in [0, 0.05) is 37.4 Å². The first kappa shape index (κ1) is 20.7. The summed E-state index contributed by atoms with van der Waals surface area (Å²) in [6.45, 7) is 3.95. The van der Waals surface area contributed by atoms with Gasteiger partial charge in [-0.2, -0.15) is 0 Å². The van der Waals surface area contributed by atoms with Crippen molar-refractivity contribution in [3.63, 3.8) is 0 Å². The third-order valence-corrected chi connectivity index (χ3v) is 6.44. The van der Waals surface area contributed by atoms with Gasteiger partial charge < -0.3 is 4.90 Å². The third kappa shape index (κ3) is 5.11. The molecule has 0 spiro atoms. The van der Waals surface area contributed by atoms with Gasteiger partial charge in [-0.1, -0.05) is 59.8 Å². The van der Waals surface area contributed by atoms with Crippen molar-refractivity contribution >= 4 is 17.7 Å². The average Bonchev–Trinajstić information content (AvgIpc) is 3.43. The lowest BCUT2D eigenvalue weighted by Crippen LogP contribution is -2.27. The van der Waals surface area contributed by atoms with E-state index < -0.39 is 0 Å². The molecular weight excluding hydrogens is 392 g/mol. The van der Waals surface area contributed by atoms with Gasteiger partial charge in [-0.3, -0.25) is 9.36 Å². The Kier molecular flexibility index (Phi) is 6.84. The number of aromatic nitrogens is 3. The summed E-state index contributed by atoms with van der Waals surface area (Å²) in [6.07, 6.45) is 4.49. The number of likely N-dealkylation sites (tertiary alicyclic amines) is 1. The van der Waals surface area contributed by atoms with Crippen molar-refractivity contribution in [2.24, 2.45) is 0 Å². The predicted molar refractivity (Wildman–Crippen MR) is 121 cm³/mol. The van der Waals surface area contributed by atoms with Crippen LogP contribution in [0.4, 0.5) is 0 Å². The maximum Gasteiger partial charge on any atom is 0.222 e. The topological polar surface area (TPSA) is 51.0 Å². The van der Waals surface area contributed by atoms with Crippen LogP contribution in [0.2, 0.25) is 0 Å². The molecule has 3 aromatic rings. The van der Waals surface area contributed by atoms with Crippen LogP contribution in [0, 0.1) is 6.92 Å². The summed E-state index contributed by atoms with van der Waals surface area (Å²) in [5.41, 5.74) is 3.52. The molecule has 1 aliphatic heterocycles. The molecule has 0 N–H and O–H groups in total. The Morgan fingerprint density at radius 3 is 2.47 bits per heavy atom. The molecule has 1 aromatic heterocycles. The zero-order valence-corrected chi connectivity index (χ0v) is 18.3. The van der Waals surface area contributed by atoms with Crippen LogP contribution in [-0.2, 0) is 11.2 Å². The number of aryl methyl sites for hydroxylation is 1. The standard InChI is InChI=1S/C24H28N4OS/c1-19-11-13-21(14-12-19)28-22(18-20-8-3-2-4-9-20)25-26-24(28)30-17-7-10-23(29)27-15-5-6-16-27/h2-4,8-9,11-14H,5-7,10,15-18H2,1H3. The summed E-state index contributed by atoms with van der Waals surface area (Å²) in [4.78, 5) is 14.3. The number of benzene rings is 2. The smallest absolute Gasteiger partial charge is 0.222 e. The zero-order chi connectivity index (χ0) is 20.8. The first-order valence-corrected chi connectivity index (χ1v) is 11.6. The SMILES string of the molecule is Cc1ccc(-n2c(Cc3ccccc3)nnc2SCCCC(=O)N2CCCC2)cc1. The number of hydrogen-bond donors (Lipinski definition) is 0. The van der Waals surface area contributed by atoms with Gasteiger partial charge in [-0.15, -0.1) is 10.2 Å². The predicted octanol–water partition coefficient (Wildman–Crippen LogP) is 4.66. The van der Waals surface area contributed by atoms with Gasteiger partial charge in [0.15, 0.2) is 5.16 Å². The molecule has 0 aliphatic carbocycles. The largest absolute Gasteiger partial charge is 0.343 e. The van der Waals surface area contributed by atoms with Crippen LogP contribution in [0.5, 0.6) is 0 Å². The van der Waals surface area contributed by atoms with Crippen LogP contribution < -0.4 is 0 Å². The number of amides is 1. The van der Waals surface area contributed by atoms with E-state index in [-0.39, 0.29) is 5.91 Å². The Morgan fingerprint density at radius 1 is 1.00 bits per heavy atom. The highest BCUT2D eigenvalue weighted by atomic mass is 32.2. The maximum absolute atomic E-state index is 12.3. The van der Waals surface area contributed by atoms with E-state index in [0.717, 1.165) is 61.2 Å². The fraction of sp³-hybridized carbons (Fsp3) is 0.375. The molecule has 30 heavy (non-hydrogen) atoms. The van der Waals surface area contributed by atoms with Crippen LogP contribution in [0.3, 0.4) is 0 Å². The molecule has 2 aromatic carbocycles. The Morgan fingerprint density at radius 2 is 1.73 bits per heavy atom. The quantitative estimate of drug-likeness (QED) is 0.393. The first-order valence-electron chi connectivity index (χ1n) is 10.7. The molecule has 1 aliphatic rings. The Hall–Kier alpha value is -2.60. The molecule has 156 valence electrons. The normalized spacial score (nSPS) is 13.7. The van der Waals surface area contributed by atoms with Crippen LogP contribution in [-0.4, -0.2) is 44.4 Å². The lowest BCUT2D eigenvalue weighted by molar-refractivity contribution is -0.130. The first-order chi connectivity index (χ1) is 14.7. The van der Waals surface area contributed by atoms with E-state index >= 15 is 0 Å².